The minimum atomic E-state index is -4.38. The van der Waals surface area contributed by atoms with Crippen molar-refractivity contribution in [2.24, 2.45) is 0 Å². The summed E-state index contributed by atoms with van der Waals surface area (Å²) in [4.78, 5) is 12.5. The van der Waals surface area contributed by atoms with E-state index in [0.717, 1.165) is 26.7 Å². The number of halogens is 3. The van der Waals surface area contributed by atoms with Gasteiger partial charge in [0.25, 0.3) is 0 Å². The number of benzene rings is 2. The molecule has 0 amide bonds. The minimum Gasteiger partial charge on any atom is -0.478 e. The Morgan fingerprint density at radius 3 is 2.58 bits per heavy atom. The van der Waals surface area contributed by atoms with Crippen LogP contribution < -0.4 is 0 Å². The molecule has 0 spiro atoms. The minimum absolute atomic E-state index is 0.0617. The topological polar surface area (TPSA) is 55.1 Å². The van der Waals surface area contributed by atoms with E-state index in [1.807, 2.05) is 38.1 Å². The number of carboxylic acid groups (broad SMARTS) is 1. The van der Waals surface area contributed by atoms with Crippen molar-refractivity contribution < 1.29 is 23.1 Å². The summed E-state index contributed by atoms with van der Waals surface area (Å²) in [6, 6.07) is 13.0. The number of rotatable bonds is 5. The first-order chi connectivity index (χ1) is 14.6. The van der Waals surface area contributed by atoms with Gasteiger partial charge >= 0.3 is 12.1 Å². The maximum atomic E-state index is 13.0. The summed E-state index contributed by atoms with van der Waals surface area (Å²) in [5.41, 5.74) is 1.44. The van der Waals surface area contributed by atoms with Gasteiger partial charge in [0.15, 0.2) is 0 Å². The Hall–Kier alpha value is -3.13. The van der Waals surface area contributed by atoms with Crippen LogP contribution in [-0.4, -0.2) is 20.9 Å². The van der Waals surface area contributed by atoms with Gasteiger partial charge in [-0.2, -0.15) is 18.3 Å². The normalized spacial score (nSPS) is 12.1. The van der Waals surface area contributed by atoms with Crippen molar-refractivity contribution in [2.45, 2.75) is 32.4 Å². The summed E-state index contributed by atoms with van der Waals surface area (Å²) in [6.07, 6.45) is -2.65. The van der Waals surface area contributed by atoms with Crippen LogP contribution in [0.25, 0.3) is 15.8 Å². The highest BCUT2D eigenvalue weighted by Gasteiger charge is 2.30. The maximum absolute atomic E-state index is 13.0. The van der Waals surface area contributed by atoms with Crippen molar-refractivity contribution in [1.29, 1.82) is 0 Å². The van der Waals surface area contributed by atoms with Crippen molar-refractivity contribution in [2.75, 3.05) is 0 Å². The first-order valence-corrected chi connectivity index (χ1v) is 10.5. The number of fused-ring (bicyclic) bond motifs is 1. The Kier molecular flexibility index (Phi) is 5.35. The monoisotopic (exact) mass is 444 g/mol. The molecular formula is C23H19F3N2O2S. The Morgan fingerprint density at radius 1 is 1.16 bits per heavy atom. The first kappa shape index (κ1) is 21.1. The summed E-state index contributed by atoms with van der Waals surface area (Å²) < 4.78 is 41.6. The Balaban J connectivity index is 1.77. The molecule has 2 aromatic heterocycles. The summed E-state index contributed by atoms with van der Waals surface area (Å²) in [6.45, 7) is 3.82. The van der Waals surface area contributed by atoms with E-state index in [0.29, 0.717) is 17.7 Å². The van der Waals surface area contributed by atoms with Gasteiger partial charge < -0.3 is 5.11 Å². The van der Waals surface area contributed by atoms with Crippen LogP contribution >= 0.6 is 11.3 Å². The summed E-state index contributed by atoms with van der Waals surface area (Å²) in [7, 11) is 0. The van der Waals surface area contributed by atoms with Crippen molar-refractivity contribution in [3.63, 3.8) is 0 Å². The zero-order valence-corrected chi connectivity index (χ0v) is 17.6. The zero-order valence-electron chi connectivity index (χ0n) is 16.8. The molecule has 160 valence electrons. The van der Waals surface area contributed by atoms with Gasteiger partial charge in [-0.3, -0.25) is 0 Å². The number of carboxylic acids is 1. The third-order valence-corrected chi connectivity index (χ3v) is 6.19. The summed E-state index contributed by atoms with van der Waals surface area (Å²) in [5.74, 6) is -1.09. The molecule has 4 rings (SSSR count). The molecule has 4 nitrogen and oxygen atoms in total. The number of carbonyl (C=O) groups is 1. The molecule has 0 fully saturated rings. The number of hydrogen-bond acceptors (Lipinski definition) is 3. The van der Waals surface area contributed by atoms with Crippen LogP contribution in [0.5, 0.6) is 0 Å². The number of alkyl halides is 3. The van der Waals surface area contributed by atoms with Gasteiger partial charge in [0.2, 0.25) is 0 Å². The van der Waals surface area contributed by atoms with Crippen LogP contribution in [0.4, 0.5) is 13.2 Å². The van der Waals surface area contributed by atoms with E-state index in [1.54, 1.807) is 10.7 Å². The van der Waals surface area contributed by atoms with E-state index in [9.17, 15) is 23.1 Å². The van der Waals surface area contributed by atoms with Crippen LogP contribution in [0.15, 0.2) is 54.7 Å². The molecule has 0 aliphatic rings. The molecule has 0 saturated carbocycles. The Morgan fingerprint density at radius 2 is 1.90 bits per heavy atom. The number of thiophene rings is 1. The molecule has 2 heterocycles. The van der Waals surface area contributed by atoms with Crippen LogP contribution in [0.3, 0.4) is 0 Å². The van der Waals surface area contributed by atoms with E-state index in [2.05, 4.69) is 5.10 Å². The molecule has 2 aromatic carbocycles. The molecular weight excluding hydrogens is 425 g/mol. The predicted octanol–water partition coefficient (Wildman–Crippen LogP) is 6.52. The quantitative estimate of drug-likeness (QED) is 0.381. The largest absolute Gasteiger partial charge is 0.478 e. The predicted molar refractivity (Wildman–Crippen MR) is 114 cm³/mol. The van der Waals surface area contributed by atoms with E-state index >= 15 is 0 Å². The van der Waals surface area contributed by atoms with Gasteiger partial charge in [0.05, 0.1) is 27.8 Å². The van der Waals surface area contributed by atoms with Gasteiger partial charge in [-0.25, -0.2) is 9.48 Å². The average Bonchev–Trinajstić information content (AvgIpc) is 3.31. The molecule has 0 saturated heterocycles. The van der Waals surface area contributed by atoms with Crippen LogP contribution in [-0.2, 0) is 12.6 Å². The van der Waals surface area contributed by atoms with Crippen molar-refractivity contribution in [3.8, 4) is 5.69 Å². The van der Waals surface area contributed by atoms with Gasteiger partial charge in [0.1, 0.15) is 5.56 Å². The number of aromatic nitrogens is 2. The second-order valence-corrected chi connectivity index (χ2v) is 8.74. The maximum Gasteiger partial charge on any atom is 0.416 e. The lowest BCUT2D eigenvalue weighted by Gasteiger charge is -2.12. The van der Waals surface area contributed by atoms with E-state index in [-0.39, 0.29) is 11.5 Å². The molecule has 31 heavy (non-hydrogen) atoms. The van der Waals surface area contributed by atoms with Crippen molar-refractivity contribution in [1.82, 2.24) is 9.78 Å². The molecule has 0 atom stereocenters. The van der Waals surface area contributed by atoms with E-state index in [1.165, 1.54) is 29.7 Å². The summed E-state index contributed by atoms with van der Waals surface area (Å²) in [5, 5.41) is 14.8. The molecule has 0 unspecified atom stereocenters. The smallest absolute Gasteiger partial charge is 0.416 e. The SMILES string of the molecule is CC(C)c1c(C(=O)O)cnn1-c1cccc2cc(Cc3cccc(C(F)(F)F)c3)sc12. The highest BCUT2D eigenvalue weighted by Crippen LogP contribution is 2.35. The fourth-order valence-electron chi connectivity index (χ4n) is 3.68. The average molecular weight is 444 g/mol. The summed E-state index contributed by atoms with van der Waals surface area (Å²) >= 11 is 1.48. The van der Waals surface area contributed by atoms with E-state index < -0.39 is 17.7 Å². The Bertz CT molecular complexity index is 1270. The number of nitrogens with zero attached hydrogens (tertiary/aromatic N) is 2. The highest BCUT2D eigenvalue weighted by molar-refractivity contribution is 7.19. The fourth-order valence-corrected chi connectivity index (χ4v) is 4.87. The lowest BCUT2D eigenvalue weighted by Crippen LogP contribution is -2.08. The Labute approximate surface area is 180 Å². The first-order valence-electron chi connectivity index (χ1n) is 9.64. The van der Waals surface area contributed by atoms with Gasteiger partial charge in [-0.05, 0) is 35.1 Å². The van der Waals surface area contributed by atoms with Crippen LogP contribution in [0, 0.1) is 0 Å². The molecule has 4 aromatic rings. The van der Waals surface area contributed by atoms with Gasteiger partial charge in [0, 0.05) is 11.3 Å². The number of aromatic carboxylic acids is 1. The lowest BCUT2D eigenvalue weighted by atomic mass is 10.1. The zero-order chi connectivity index (χ0) is 22.3. The van der Waals surface area contributed by atoms with Crippen LogP contribution in [0.1, 0.15) is 51.8 Å². The fraction of sp³-hybridized carbons (Fsp3) is 0.217. The second kappa shape index (κ2) is 7.85. The number of hydrogen-bond donors (Lipinski definition) is 1. The van der Waals surface area contributed by atoms with Crippen molar-refractivity contribution >= 4 is 27.4 Å². The molecule has 0 aliphatic heterocycles. The van der Waals surface area contributed by atoms with Crippen LogP contribution in [0.2, 0.25) is 0 Å². The van der Waals surface area contributed by atoms with E-state index in [4.69, 9.17) is 0 Å². The molecule has 8 heteroatoms. The standard InChI is InChI=1S/C23H19F3N2O2S/c1-13(2)20-18(22(29)30)12-27-28(20)19-8-4-6-15-11-17(31-21(15)19)10-14-5-3-7-16(9-14)23(24,25)26/h3-9,11-13H,10H2,1-2H3,(H,29,30). The van der Waals surface area contributed by atoms with Crippen molar-refractivity contribution in [3.05, 3.63) is 82.0 Å². The van der Waals surface area contributed by atoms with Gasteiger partial charge in [-0.15, -0.1) is 11.3 Å². The third kappa shape index (κ3) is 4.07. The molecule has 0 bridgehead atoms. The second-order valence-electron chi connectivity index (χ2n) is 7.60. The third-order valence-electron chi connectivity index (χ3n) is 5.02. The molecule has 0 aliphatic carbocycles. The lowest BCUT2D eigenvalue weighted by molar-refractivity contribution is -0.137. The highest BCUT2D eigenvalue weighted by atomic mass is 32.1. The molecule has 1 N–H and O–H groups in total. The van der Waals surface area contributed by atoms with Gasteiger partial charge in [-0.1, -0.05) is 44.2 Å². The molecule has 0 radical (unpaired) electrons.